The molecule has 0 atom stereocenters. The second-order valence-corrected chi connectivity index (χ2v) is 8.55. The third kappa shape index (κ3) is 3.62. The molecular weight excluding hydrogens is 352 g/mol. The Bertz CT molecular complexity index is 734. The summed E-state index contributed by atoms with van der Waals surface area (Å²) in [5, 5.41) is 0. The number of hydrogen-bond donors (Lipinski definition) is 0. The Morgan fingerprint density at radius 1 is 0.586 bits per heavy atom. The van der Waals surface area contributed by atoms with E-state index < -0.39 is 0 Å². The molecule has 152 valence electrons. The van der Waals surface area contributed by atoms with Crippen LogP contribution in [0, 0.1) is 0 Å². The minimum atomic E-state index is -0.330. The molecule has 0 aromatic heterocycles. The molecule has 4 rings (SSSR count). The average molecular weight is 387 g/mol. The van der Waals surface area contributed by atoms with Crippen LogP contribution in [0.15, 0.2) is 95.2 Å². The quantitative estimate of drug-likeness (QED) is 0.375. The van der Waals surface area contributed by atoms with Crippen molar-refractivity contribution in [3.05, 3.63) is 95.2 Å². The predicted molar refractivity (Wildman–Crippen MR) is 124 cm³/mol. The van der Waals surface area contributed by atoms with E-state index in [-0.39, 0.29) is 11.2 Å². The van der Waals surface area contributed by atoms with E-state index in [1.807, 2.05) is 0 Å². The van der Waals surface area contributed by atoms with Gasteiger partial charge in [-0.3, -0.25) is 0 Å². The van der Waals surface area contributed by atoms with Gasteiger partial charge in [0, 0.05) is 0 Å². The zero-order valence-electron chi connectivity index (χ0n) is 18.0. The molecule has 1 heteroatoms. The molecule has 0 bridgehead atoms. The first-order valence-electron chi connectivity index (χ1n) is 11.4. The lowest BCUT2D eigenvalue weighted by atomic mass is 9.75. The Kier molecular flexibility index (Phi) is 6.06. The molecule has 0 saturated carbocycles. The highest BCUT2D eigenvalue weighted by Gasteiger charge is 2.49. The first-order valence-corrected chi connectivity index (χ1v) is 11.4. The summed E-state index contributed by atoms with van der Waals surface area (Å²) in [4.78, 5) is 0. The van der Waals surface area contributed by atoms with Gasteiger partial charge in [0.25, 0.3) is 0 Å². The van der Waals surface area contributed by atoms with Gasteiger partial charge in [0.1, 0.15) is 11.2 Å². The molecule has 0 aromatic rings. The van der Waals surface area contributed by atoms with Gasteiger partial charge in [-0.2, -0.15) is 0 Å². The van der Waals surface area contributed by atoms with Crippen molar-refractivity contribution in [1.82, 2.24) is 0 Å². The lowest BCUT2D eigenvalue weighted by Gasteiger charge is -2.48. The maximum Gasteiger partial charge on any atom is 0.113 e. The van der Waals surface area contributed by atoms with Gasteiger partial charge < -0.3 is 4.74 Å². The minimum absolute atomic E-state index is 0.330. The van der Waals surface area contributed by atoms with Crippen molar-refractivity contribution >= 4 is 0 Å². The van der Waals surface area contributed by atoms with Crippen LogP contribution < -0.4 is 0 Å². The summed E-state index contributed by atoms with van der Waals surface area (Å²) in [5.41, 5.74) is 5.04. The van der Waals surface area contributed by atoms with E-state index in [0.29, 0.717) is 0 Å². The first-order chi connectivity index (χ1) is 14.2. The largest absolute Gasteiger partial charge is 0.351 e. The fourth-order valence-corrected chi connectivity index (χ4v) is 5.41. The van der Waals surface area contributed by atoms with Gasteiger partial charge in [-0.1, -0.05) is 99.6 Å². The Morgan fingerprint density at radius 3 is 1.10 bits per heavy atom. The van der Waals surface area contributed by atoms with E-state index in [1.54, 1.807) is 0 Å². The van der Waals surface area contributed by atoms with Crippen LogP contribution in [-0.2, 0) is 4.74 Å². The molecule has 0 fully saturated rings. The first kappa shape index (κ1) is 20.2. The Balaban J connectivity index is 1.83. The lowest BCUT2D eigenvalue weighted by molar-refractivity contribution is -0.0917. The third-order valence-corrected chi connectivity index (χ3v) is 6.71. The van der Waals surface area contributed by atoms with E-state index >= 15 is 0 Å². The summed E-state index contributed by atoms with van der Waals surface area (Å²) in [6, 6.07) is 0. The van der Waals surface area contributed by atoms with Crippen molar-refractivity contribution in [3.63, 3.8) is 0 Å². The highest BCUT2D eigenvalue weighted by atomic mass is 16.5. The monoisotopic (exact) mass is 386 g/mol. The highest BCUT2D eigenvalue weighted by Crippen LogP contribution is 2.51. The van der Waals surface area contributed by atoms with E-state index in [4.69, 9.17) is 4.74 Å². The van der Waals surface area contributed by atoms with E-state index in [2.05, 4.69) is 86.8 Å². The van der Waals surface area contributed by atoms with Gasteiger partial charge in [0.15, 0.2) is 0 Å². The smallest absolute Gasteiger partial charge is 0.113 e. The maximum atomic E-state index is 7.61. The third-order valence-electron chi connectivity index (χ3n) is 6.71. The normalized spacial score (nSPS) is 20.5. The van der Waals surface area contributed by atoms with Gasteiger partial charge in [-0.15, -0.1) is 0 Å². The van der Waals surface area contributed by atoms with Gasteiger partial charge in [0.2, 0.25) is 0 Å². The molecule has 0 radical (unpaired) electrons. The summed E-state index contributed by atoms with van der Waals surface area (Å²) in [6.45, 7) is 4.58. The molecule has 0 saturated heterocycles. The van der Waals surface area contributed by atoms with Crippen molar-refractivity contribution < 1.29 is 4.74 Å². The molecule has 0 amide bonds. The lowest BCUT2D eigenvalue weighted by Crippen LogP contribution is -2.49. The van der Waals surface area contributed by atoms with Crippen LogP contribution >= 0.6 is 0 Å². The Hall–Kier alpha value is -2.12. The molecule has 4 aliphatic rings. The predicted octanol–water partition coefficient (Wildman–Crippen LogP) is 7.63. The van der Waals surface area contributed by atoms with Crippen molar-refractivity contribution in [2.24, 2.45) is 0 Å². The van der Waals surface area contributed by atoms with Gasteiger partial charge >= 0.3 is 0 Å². The molecule has 1 nitrogen and oxygen atoms in total. The Labute approximate surface area is 176 Å². The van der Waals surface area contributed by atoms with Crippen molar-refractivity contribution in [3.8, 4) is 0 Å². The van der Waals surface area contributed by atoms with Crippen LogP contribution in [0.2, 0.25) is 0 Å². The second-order valence-electron chi connectivity index (χ2n) is 8.55. The summed E-state index contributed by atoms with van der Waals surface area (Å²) in [6.07, 6.45) is 35.4. The molecule has 0 aromatic carbocycles. The number of rotatable bonds is 10. The van der Waals surface area contributed by atoms with E-state index in [1.165, 1.54) is 22.3 Å². The number of allylic oxidation sites excluding steroid dienone is 12. The van der Waals surface area contributed by atoms with E-state index in [9.17, 15) is 0 Å². The SMILES string of the molecule is CCCC(OC(CCC)(C1=CC=CC1)C1=CC=CC1)(C1=CC=CC1)C1=CC=CC1. The molecule has 4 aliphatic carbocycles. The average Bonchev–Trinajstić information content (AvgIpc) is 3.55. The summed E-state index contributed by atoms with van der Waals surface area (Å²) in [7, 11) is 0. The van der Waals surface area contributed by atoms with Crippen molar-refractivity contribution in [2.75, 3.05) is 0 Å². The maximum absolute atomic E-state index is 7.61. The fourth-order valence-electron chi connectivity index (χ4n) is 5.41. The van der Waals surface area contributed by atoms with Crippen LogP contribution in [0.5, 0.6) is 0 Å². The molecule has 0 heterocycles. The van der Waals surface area contributed by atoms with Crippen LogP contribution in [-0.4, -0.2) is 11.2 Å². The number of hydrogen-bond acceptors (Lipinski definition) is 1. The number of ether oxygens (including phenoxy) is 1. The minimum Gasteiger partial charge on any atom is -0.351 e. The molecule has 0 N–H and O–H groups in total. The molecule has 0 unspecified atom stereocenters. The van der Waals surface area contributed by atoms with Crippen LogP contribution in [0.3, 0.4) is 0 Å². The zero-order valence-corrected chi connectivity index (χ0v) is 18.0. The van der Waals surface area contributed by atoms with Crippen molar-refractivity contribution in [1.29, 1.82) is 0 Å². The van der Waals surface area contributed by atoms with Gasteiger partial charge in [-0.25, -0.2) is 0 Å². The second kappa shape index (κ2) is 8.71. The fraction of sp³-hybridized carbons (Fsp3) is 0.429. The molecule has 0 aliphatic heterocycles. The molecular formula is C28H34O. The van der Waals surface area contributed by atoms with Crippen molar-refractivity contribution in [2.45, 2.75) is 76.4 Å². The standard InChI is InChI=1S/C28H34O/c1-3-21-27(23-13-5-6-14-23,24-15-7-8-16-24)29-28(22-4-2,25-17-9-10-18-25)26-19-11-12-20-26/h5-13,15,17,19H,3-4,14,16,18,20-22H2,1-2H3. The van der Waals surface area contributed by atoms with Gasteiger partial charge in [0.05, 0.1) is 0 Å². The Morgan fingerprint density at radius 2 is 0.897 bits per heavy atom. The summed E-state index contributed by atoms with van der Waals surface area (Å²) >= 11 is 0. The van der Waals surface area contributed by atoms with Crippen LogP contribution in [0.1, 0.15) is 65.2 Å². The summed E-state index contributed by atoms with van der Waals surface area (Å²) in [5.74, 6) is 0. The topological polar surface area (TPSA) is 9.23 Å². The highest BCUT2D eigenvalue weighted by molar-refractivity contribution is 5.48. The van der Waals surface area contributed by atoms with Crippen LogP contribution in [0.25, 0.3) is 0 Å². The van der Waals surface area contributed by atoms with Gasteiger partial charge in [-0.05, 0) is 60.8 Å². The molecule has 0 spiro atoms. The van der Waals surface area contributed by atoms with Crippen LogP contribution in [0.4, 0.5) is 0 Å². The zero-order chi connectivity index (χ0) is 20.2. The molecule has 29 heavy (non-hydrogen) atoms. The summed E-state index contributed by atoms with van der Waals surface area (Å²) < 4.78 is 7.61. The van der Waals surface area contributed by atoms with E-state index in [0.717, 1.165) is 51.4 Å².